The second kappa shape index (κ2) is 4.59. The monoisotopic (exact) mass is 206 g/mol. The molecular formula is C11H14N2O2. The smallest absolute Gasteiger partial charge is 0.337 e. The molecule has 0 spiro atoms. The van der Waals surface area contributed by atoms with Crippen LogP contribution < -0.4 is 4.90 Å². The quantitative estimate of drug-likeness (QED) is 0.763. The minimum atomic E-state index is -0.944. The second-order valence-corrected chi connectivity index (χ2v) is 3.51. The van der Waals surface area contributed by atoms with Gasteiger partial charge in [-0.1, -0.05) is 12.2 Å². The van der Waals surface area contributed by atoms with Crippen molar-refractivity contribution in [3.8, 4) is 0 Å². The predicted octanol–water partition coefficient (Wildman–Crippen LogP) is 1.79. The number of hydrogen-bond donors (Lipinski definition) is 1. The standard InChI is InChI=1S/C11H14N2O2/c1-8(2)7-13(3)10-6-12-5-4-9(10)11(14)15/h4-6H,1,7H2,2-3H3,(H,14,15). The van der Waals surface area contributed by atoms with Crippen LogP contribution in [-0.2, 0) is 0 Å². The molecule has 1 heterocycles. The molecule has 0 aliphatic carbocycles. The molecule has 80 valence electrons. The van der Waals surface area contributed by atoms with E-state index in [-0.39, 0.29) is 5.56 Å². The molecule has 4 heteroatoms. The third-order valence-electron chi connectivity index (χ3n) is 1.95. The summed E-state index contributed by atoms with van der Waals surface area (Å²) in [6.45, 7) is 6.30. The van der Waals surface area contributed by atoms with E-state index in [9.17, 15) is 4.79 Å². The molecule has 0 aromatic carbocycles. The van der Waals surface area contributed by atoms with E-state index >= 15 is 0 Å². The van der Waals surface area contributed by atoms with Gasteiger partial charge in [0.25, 0.3) is 0 Å². The number of rotatable bonds is 4. The van der Waals surface area contributed by atoms with Gasteiger partial charge in [-0.05, 0) is 13.0 Å². The Morgan fingerprint density at radius 2 is 2.33 bits per heavy atom. The van der Waals surface area contributed by atoms with Crippen molar-refractivity contribution in [2.24, 2.45) is 0 Å². The summed E-state index contributed by atoms with van der Waals surface area (Å²) >= 11 is 0. The zero-order valence-corrected chi connectivity index (χ0v) is 8.90. The van der Waals surface area contributed by atoms with E-state index in [0.29, 0.717) is 12.2 Å². The predicted molar refractivity (Wildman–Crippen MR) is 59.3 cm³/mol. The fourth-order valence-electron chi connectivity index (χ4n) is 1.36. The average molecular weight is 206 g/mol. The van der Waals surface area contributed by atoms with E-state index in [1.165, 1.54) is 12.3 Å². The SMILES string of the molecule is C=C(C)CN(C)c1cnccc1C(=O)O. The molecule has 15 heavy (non-hydrogen) atoms. The van der Waals surface area contributed by atoms with Crippen molar-refractivity contribution in [1.29, 1.82) is 0 Å². The molecule has 1 aromatic rings. The van der Waals surface area contributed by atoms with Crippen molar-refractivity contribution in [2.45, 2.75) is 6.92 Å². The summed E-state index contributed by atoms with van der Waals surface area (Å²) in [6.07, 6.45) is 3.02. The number of likely N-dealkylation sites (N-methyl/N-ethyl adjacent to an activating group) is 1. The van der Waals surface area contributed by atoms with Crippen molar-refractivity contribution >= 4 is 11.7 Å². The van der Waals surface area contributed by atoms with Crippen LogP contribution in [0.15, 0.2) is 30.6 Å². The molecule has 0 aliphatic heterocycles. The number of nitrogens with zero attached hydrogens (tertiary/aromatic N) is 2. The van der Waals surface area contributed by atoms with E-state index in [4.69, 9.17) is 5.11 Å². The number of aromatic nitrogens is 1. The molecule has 0 amide bonds. The van der Waals surface area contributed by atoms with Gasteiger partial charge in [-0.2, -0.15) is 0 Å². The van der Waals surface area contributed by atoms with Gasteiger partial charge < -0.3 is 10.0 Å². The highest BCUT2D eigenvalue weighted by Crippen LogP contribution is 2.18. The molecule has 1 N–H and O–H groups in total. The Kier molecular flexibility index (Phi) is 3.44. The lowest BCUT2D eigenvalue weighted by Crippen LogP contribution is -2.21. The highest BCUT2D eigenvalue weighted by molar-refractivity contribution is 5.94. The summed E-state index contributed by atoms with van der Waals surface area (Å²) in [4.78, 5) is 16.7. The van der Waals surface area contributed by atoms with Crippen LogP contribution in [0.4, 0.5) is 5.69 Å². The summed E-state index contributed by atoms with van der Waals surface area (Å²) in [6, 6.07) is 1.49. The Labute approximate surface area is 88.9 Å². The molecule has 0 atom stereocenters. The van der Waals surface area contributed by atoms with Crippen LogP contribution in [0.25, 0.3) is 0 Å². The Hall–Kier alpha value is -1.84. The fraction of sp³-hybridized carbons (Fsp3) is 0.273. The van der Waals surface area contributed by atoms with Gasteiger partial charge >= 0.3 is 5.97 Å². The first-order valence-electron chi connectivity index (χ1n) is 4.55. The summed E-state index contributed by atoms with van der Waals surface area (Å²) < 4.78 is 0. The third kappa shape index (κ3) is 2.80. The maximum atomic E-state index is 10.9. The molecule has 0 aliphatic rings. The van der Waals surface area contributed by atoms with Crippen molar-refractivity contribution in [2.75, 3.05) is 18.5 Å². The van der Waals surface area contributed by atoms with E-state index in [1.807, 2.05) is 18.9 Å². The number of aromatic carboxylic acids is 1. The maximum absolute atomic E-state index is 10.9. The Morgan fingerprint density at radius 3 is 2.87 bits per heavy atom. The zero-order chi connectivity index (χ0) is 11.4. The summed E-state index contributed by atoms with van der Waals surface area (Å²) in [5, 5.41) is 8.97. The maximum Gasteiger partial charge on any atom is 0.337 e. The Bertz CT molecular complexity index is 388. The van der Waals surface area contributed by atoms with E-state index in [0.717, 1.165) is 5.57 Å². The third-order valence-corrected chi connectivity index (χ3v) is 1.95. The van der Waals surface area contributed by atoms with Crippen LogP contribution >= 0.6 is 0 Å². The van der Waals surface area contributed by atoms with E-state index in [1.54, 1.807) is 6.20 Å². The number of carboxylic acid groups (broad SMARTS) is 1. The lowest BCUT2D eigenvalue weighted by molar-refractivity contribution is 0.0697. The number of hydrogen-bond acceptors (Lipinski definition) is 3. The summed E-state index contributed by atoms with van der Waals surface area (Å²) in [5.74, 6) is -0.944. The van der Waals surface area contributed by atoms with Crippen molar-refractivity contribution in [3.63, 3.8) is 0 Å². The van der Waals surface area contributed by atoms with E-state index < -0.39 is 5.97 Å². The van der Waals surface area contributed by atoms with Gasteiger partial charge in [-0.15, -0.1) is 0 Å². The molecule has 1 aromatic heterocycles. The highest BCUT2D eigenvalue weighted by Gasteiger charge is 2.12. The fourth-order valence-corrected chi connectivity index (χ4v) is 1.36. The van der Waals surface area contributed by atoms with Gasteiger partial charge in [0.15, 0.2) is 0 Å². The molecule has 4 nitrogen and oxygen atoms in total. The Balaban J connectivity index is 3.02. The lowest BCUT2D eigenvalue weighted by atomic mass is 10.2. The first kappa shape index (κ1) is 11.2. The van der Waals surface area contributed by atoms with Crippen LogP contribution in [0.2, 0.25) is 0 Å². The second-order valence-electron chi connectivity index (χ2n) is 3.51. The van der Waals surface area contributed by atoms with Crippen molar-refractivity contribution in [1.82, 2.24) is 4.98 Å². The van der Waals surface area contributed by atoms with Crippen LogP contribution in [-0.4, -0.2) is 29.7 Å². The first-order chi connectivity index (χ1) is 7.02. The molecular weight excluding hydrogens is 192 g/mol. The minimum Gasteiger partial charge on any atom is -0.478 e. The van der Waals surface area contributed by atoms with Crippen LogP contribution in [0, 0.1) is 0 Å². The summed E-state index contributed by atoms with van der Waals surface area (Å²) in [7, 11) is 1.82. The molecule has 0 bridgehead atoms. The summed E-state index contributed by atoms with van der Waals surface area (Å²) in [5.41, 5.74) is 1.83. The van der Waals surface area contributed by atoms with Crippen LogP contribution in [0.5, 0.6) is 0 Å². The number of pyridine rings is 1. The topological polar surface area (TPSA) is 53.4 Å². The first-order valence-corrected chi connectivity index (χ1v) is 4.55. The lowest BCUT2D eigenvalue weighted by Gasteiger charge is -2.20. The van der Waals surface area contributed by atoms with Gasteiger partial charge in [0.1, 0.15) is 0 Å². The van der Waals surface area contributed by atoms with Gasteiger partial charge in [-0.3, -0.25) is 4.98 Å². The molecule has 1 rings (SSSR count). The molecule has 0 fully saturated rings. The van der Waals surface area contributed by atoms with Gasteiger partial charge in [0.05, 0.1) is 17.4 Å². The number of anilines is 1. The van der Waals surface area contributed by atoms with Crippen molar-refractivity contribution < 1.29 is 9.90 Å². The molecule has 0 saturated carbocycles. The normalized spacial score (nSPS) is 9.73. The minimum absolute atomic E-state index is 0.258. The van der Waals surface area contributed by atoms with E-state index in [2.05, 4.69) is 11.6 Å². The van der Waals surface area contributed by atoms with Gasteiger partial charge in [0.2, 0.25) is 0 Å². The zero-order valence-electron chi connectivity index (χ0n) is 8.90. The molecule has 0 unspecified atom stereocenters. The number of carboxylic acids is 1. The largest absolute Gasteiger partial charge is 0.478 e. The van der Waals surface area contributed by atoms with Crippen molar-refractivity contribution in [3.05, 3.63) is 36.2 Å². The average Bonchev–Trinajstić information content (AvgIpc) is 2.16. The van der Waals surface area contributed by atoms with Gasteiger partial charge in [-0.25, -0.2) is 4.79 Å². The molecule has 0 saturated heterocycles. The highest BCUT2D eigenvalue weighted by atomic mass is 16.4. The molecule has 0 radical (unpaired) electrons. The van der Waals surface area contributed by atoms with Crippen LogP contribution in [0.1, 0.15) is 17.3 Å². The van der Waals surface area contributed by atoms with Crippen LogP contribution in [0.3, 0.4) is 0 Å². The Morgan fingerprint density at radius 1 is 1.67 bits per heavy atom. The number of carbonyl (C=O) groups is 1. The van der Waals surface area contributed by atoms with Gasteiger partial charge in [0, 0.05) is 19.8 Å².